The summed E-state index contributed by atoms with van der Waals surface area (Å²) < 4.78 is 0. The maximum atomic E-state index is 12.4. The fraction of sp³-hybridized carbons (Fsp3) is 0.733. The van der Waals surface area contributed by atoms with Crippen LogP contribution in [0.1, 0.15) is 56.2 Å². The lowest BCUT2D eigenvalue weighted by molar-refractivity contribution is -0.135. The molecule has 1 aromatic rings. The monoisotopic (exact) mass is 278 g/mol. The standard InChI is InChI=1S/C15H22N2OS/c1-10-4-3-7-17(11(10)2)15(18)8-14-16-13(9-19-14)12-5-6-12/h9-12H,3-8H2,1-2H3. The number of aromatic nitrogens is 1. The summed E-state index contributed by atoms with van der Waals surface area (Å²) in [4.78, 5) is 19.1. The Hall–Kier alpha value is -0.900. The van der Waals surface area contributed by atoms with Crippen LogP contribution in [-0.4, -0.2) is 28.4 Å². The van der Waals surface area contributed by atoms with Crippen LogP contribution in [0.25, 0.3) is 0 Å². The van der Waals surface area contributed by atoms with Crippen LogP contribution in [0.15, 0.2) is 5.38 Å². The molecule has 3 nitrogen and oxygen atoms in total. The third kappa shape index (κ3) is 2.83. The molecule has 0 N–H and O–H groups in total. The van der Waals surface area contributed by atoms with Gasteiger partial charge in [0.25, 0.3) is 0 Å². The van der Waals surface area contributed by atoms with Gasteiger partial charge in [-0.25, -0.2) is 4.98 Å². The van der Waals surface area contributed by atoms with Crippen molar-refractivity contribution in [2.45, 2.75) is 57.9 Å². The highest BCUT2D eigenvalue weighted by Crippen LogP contribution is 2.40. The summed E-state index contributed by atoms with van der Waals surface area (Å²) in [5.74, 6) is 1.57. The second kappa shape index (κ2) is 5.23. The van der Waals surface area contributed by atoms with Crippen molar-refractivity contribution in [1.82, 2.24) is 9.88 Å². The number of likely N-dealkylation sites (tertiary alicyclic amines) is 1. The molecule has 2 atom stereocenters. The number of amides is 1. The Kier molecular flexibility index (Phi) is 3.61. The van der Waals surface area contributed by atoms with E-state index in [9.17, 15) is 4.79 Å². The van der Waals surface area contributed by atoms with E-state index in [1.165, 1.54) is 25.0 Å². The molecule has 1 saturated heterocycles. The summed E-state index contributed by atoms with van der Waals surface area (Å²) in [6, 6.07) is 0.379. The molecular weight excluding hydrogens is 256 g/mol. The van der Waals surface area contributed by atoms with Gasteiger partial charge in [-0.2, -0.15) is 0 Å². The van der Waals surface area contributed by atoms with Gasteiger partial charge in [0.1, 0.15) is 5.01 Å². The third-order valence-electron chi connectivity index (χ3n) is 4.56. The highest BCUT2D eigenvalue weighted by atomic mass is 32.1. The first kappa shape index (κ1) is 13.1. The highest BCUT2D eigenvalue weighted by molar-refractivity contribution is 7.09. The van der Waals surface area contributed by atoms with E-state index in [-0.39, 0.29) is 5.91 Å². The molecule has 1 aliphatic heterocycles. The lowest BCUT2D eigenvalue weighted by Crippen LogP contribution is -2.46. The summed E-state index contributed by atoms with van der Waals surface area (Å²) in [5.41, 5.74) is 1.22. The number of hydrogen-bond donors (Lipinski definition) is 0. The lowest BCUT2D eigenvalue weighted by atomic mass is 9.92. The van der Waals surface area contributed by atoms with Gasteiger partial charge in [-0.1, -0.05) is 6.92 Å². The predicted octanol–water partition coefficient (Wildman–Crippen LogP) is 3.21. The van der Waals surface area contributed by atoms with Crippen molar-refractivity contribution in [2.24, 2.45) is 5.92 Å². The van der Waals surface area contributed by atoms with Crippen LogP contribution >= 0.6 is 11.3 Å². The molecule has 1 aliphatic carbocycles. The van der Waals surface area contributed by atoms with Crippen molar-refractivity contribution >= 4 is 17.2 Å². The normalized spacial score (nSPS) is 27.6. The molecule has 2 fully saturated rings. The van der Waals surface area contributed by atoms with Gasteiger partial charge in [-0.05, 0) is 38.5 Å². The van der Waals surface area contributed by atoms with Crippen LogP contribution in [0.3, 0.4) is 0 Å². The zero-order valence-electron chi connectivity index (χ0n) is 11.8. The van der Waals surface area contributed by atoms with E-state index in [0.29, 0.717) is 24.3 Å². The first-order chi connectivity index (χ1) is 9.15. The Morgan fingerprint density at radius 3 is 2.95 bits per heavy atom. The van der Waals surface area contributed by atoms with Crippen molar-refractivity contribution in [2.75, 3.05) is 6.54 Å². The maximum Gasteiger partial charge on any atom is 0.229 e. The smallest absolute Gasteiger partial charge is 0.229 e. The fourth-order valence-electron chi connectivity index (χ4n) is 2.89. The van der Waals surface area contributed by atoms with Crippen LogP contribution < -0.4 is 0 Å². The van der Waals surface area contributed by atoms with Crippen LogP contribution in [0.2, 0.25) is 0 Å². The van der Waals surface area contributed by atoms with Gasteiger partial charge in [0, 0.05) is 23.9 Å². The van der Waals surface area contributed by atoms with E-state index < -0.39 is 0 Å². The predicted molar refractivity (Wildman–Crippen MR) is 77.4 cm³/mol. The molecule has 104 valence electrons. The van der Waals surface area contributed by atoms with Crippen LogP contribution in [0.4, 0.5) is 0 Å². The quantitative estimate of drug-likeness (QED) is 0.850. The van der Waals surface area contributed by atoms with Crippen molar-refractivity contribution in [3.63, 3.8) is 0 Å². The molecule has 19 heavy (non-hydrogen) atoms. The summed E-state index contributed by atoms with van der Waals surface area (Å²) in [6.07, 6.45) is 5.43. The van der Waals surface area contributed by atoms with Gasteiger partial charge < -0.3 is 4.90 Å². The molecule has 0 radical (unpaired) electrons. The van der Waals surface area contributed by atoms with E-state index in [0.717, 1.165) is 18.0 Å². The Balaban J connectivity index is 1.63. The van der Waals surface area contributed by atoms with Gasteiger partial charge in [-0.15, -0.1) is 11.3 Å². The molecule has 4 heteroatoms. The third-order valence-corrected chi connectivity index (χ3v) is 5.43. The molecule has 0 spiro atoms. The number of thiazole rings is 1. The number of hydrogen-bond acceptors (Lipinski definition) is 3. The number of carbonyl (C=O) groups is 1. The van der Waals surface area contributed by atoms with E-state index in [2.05, 4.69) is 29.1 Å². The SMILES string of the molecule is CC1CCCN(C(=O)Cc2nc(C3CC3)cs2)C1C. The number of rotatable bonds is 3. The second-order valence-electron chi connectivity index (χ2n) is 6.06. The molecular formula is C15H22N2OS. The fourth-order valence-corrected chi connectivity index (χ4v) is 3.76. The van der Waals surface area contributed by atoms with Crippen LogP contribution in [-0.2, 0) is 11.2 Å². The minimum absolute atomic E-state index is 0.260. The maximum absolute atomic E-state index is 12.4. The minimum Gasteiger partial charge on any atom is -0.339 e. The average Bonchev–Trinajstić information content (AvgIpc) is 3.14. The zero-order chi connectivity index (χ0) is 13.4. The molecule has 2 aliphatic rings. The summed E-state index contributed by atoms with van der Waals surface area (Å²) in [6.45, 7) is 5.35. The first-order valence-electron chi connectivity index (χ1n) is 7.39. The molecule has 0 bridgehead atoms. The van der Waals surface area contributed by atoms with Gasteiger partial charge in [0.15, 0.2) is 0 Å². The topological polar surface area (TPSA) is 33.2 Å². The molecule has 1 amide bonds. The Morgan fingerprint density at radius 2 is 2.21 bits per heavy atom. The lowest BCUT2D eigenvalue weighted by Gasteiger charge is -2.37. The zero-order valence-corrected chi connectivity index (χ0v) is 12.6. The molecule has 2 heterocycles. The summed E-state index contributed by atoms with van der Waals surface area (Å²) >= 11 is 1.65. The number of carbonyl (C=O) groups excluding carboxylic acids is 1. The molecule has 3 rings (SSSR count). The second-order valence-corrected chi connectivity index (χ2v) is 7.01. The Labute approximate surface area is 119 Å². The van der Waals surface area contributed by atoms with Crippen molar-refractivity contribution in [3.8, 4) is 0 Å². The van der Waals surface area contributed by atoms with Crippen LogP contribution in [0, 0.1) is 5.92 Å². The van der Waals surface area contributed by atoms with Gasteiger partial charge in [-0.3, -0.25) is 4.79 Å². The number of piperidine rings is 1. The first-order valence-corrected chi connectivity index (χ1v) is 8.27. The van der Waals surface area contributed by atoms with Crippen molar-refractivity contribution in [1.29, 1.82) is 0 Å². The Morgan fingerprint density at radius 1 is 1.42 bits per heavy atom. The van der Waals surface area contributed by atoms with E-state index in [1.54, 1.807) is 11.3 Å². The van der Waals surface area contributed by atoms with Gasteiger partial charge in [0.05, 0.1) is 12.1 Å². The molecule has 1 saturated carbocycles. The van der Waals surface area contributed by atoms with E-state index in [1.807, 2.05) is 0 Å². The summed E-state index contributed by atoms with van der Waals surface area (Å²) in [5, 5.41) is 3.14. The van der Waals surface area contributed by atoms with Gasteiger partial charge >= 0.3 is 0 Å². The largest absolute Gasteiger partial charge is 0.339 e. The Bertz CT molecular complexity index is 466. The average molecular weight is 278 g/mol. The van der Waals surface area contributed by atoms with Crippen molar-refractivity contribution in [3.05, 3.63) is 16.1 Å². The van der Waals surface area contributed by atoms with E-state index >= 15 is 0 Å². The number of nitrogens with zero attached hydrogens (tertiary/aromatic N) is 2. The molecule has 2 unspecified atom stereocenters. The highest BCUT2D eigenvalue weighted by Gasteiger charge is 2.30. The molecule has 1 aromatic heterocycles. The van der Waals surface area contributed by atoms with E-state index in [4.69, 9.17) is 0 Å². The summed E-state index contributed by atoms with van der Waals surface area (Å²) in [7, 11) is 0. The van der Waals surface area contributed by atoms with Crippen molar-refractivity contribution < 1.29 is 4.79 Å². The van der Waals surface area contributed by atoms with Crippen LogP contribution in [0.5, 0.6) is 0 Å². The minimum atomic E-state index is 0.260. The van der Waals surface area contributed by atoms with Gasteiger partial charge in [0.2, 0.25) is 5.91 Å². The molecule has 0 aromatic carbocycles.